The predicted octanol–water partition coefficient (Wildman–Crippen LogP) is 3.17. The SMILES string of the molecule is CCS(=O)(=O)c1ccc(C(C)NCC(C)(C)C(O)C(C)C)cc1. The summed E-state index contributed by atoms with van der Waals surface area (Å²) >= 11 is 0. The number of sulfone groups is 1. The van der Waals surface area contributed by atoms with Gasteiger partial charge in [-0.2, -0.15) is 0 Å². The van der Waals surface area contributed by atoms with Gasteiger partial charge in [-0.25, -0.2) is 8.42 Å². The molecule has 0 aliphatic rings. The molecule has 2 unspecified atom stereocenters. The summed E-state index contributed by atoms with van der Waals surface area (Å²) in [6, 6.07) is 7.13. The number of aliphatic hydroxyl groups excluding tert-OH is 1. The first kappa shape index (κ1) is 20.1. The van der Waals surface area contributed by atoms with E-state index < -0.39 is 9.84 Å². The minimum absolute atomic E-state index is 0.0898. The van der Waals surface area contributed by atoms with E-state index in [-0.39, 0.29) is 29.2 Å². The van der Waals surface area contributed by atoms with Gasteiger partial charge in [0.25, 0.3) is 0 Å². The molecule has 1 rings (SSSR count). The lowest BCUT2D eigenvalue weighted by molar-refractivity contribution is 0.0124. The van der Waals surface area contributed by atoms with Crippen LogP contribution in [0.2, 0.25) is 0 Å². The fourth-order valence-electron chi connectivity index (χ4n) is 2.67. The molecule has 5 heteroatoms. The van der Waals surface area contributed by atoms with Crippen molar-refractivity contribution < 1.29 is 13.5 Å². The number of hydrogen-bond acceptors (Lipinski definition) is 4. The van der Waals surface area contributed by atoms with Crippen LogP contribution in [-0.2, 0) is 9.84 Å². The van der Waals surface area contributed by atoms with E-state index in [1.807, 2.05) is 46.8 Å². The fraction of sp³-hybridized carbons (Fsp3) is 0.667. The second-order valence-corrected chi connectivity index (χ2v) is 9.53. The Labute approximate surface area is 141 Å². The highest BCUT2D eigenvalue weighted by Gasteiger charge is 2.30. The van der Waals surface area contributed by atoms with E-state index in [0.29, 0.717) is 11.4 Å². The van der Waals surface area contributed by atoms with E-state index in [1.54, 1.807) is 19.1 Å². The Hall–Kier alpha value is -0.910. The van der Waals surface area contributed by atoms with Gasteiger partial charge >= 0.3 is 0 Å². The first-order valence-corrected chi connectivity index (χ1v) is 9.90. The molecule has 23 heavy (non-hydrogen) atoms. The van der Waals surface area contributed by atoms with E-state index in [1.165, 1.54) is 0 Å². The average molecular weight is 342 g/mol. The molecule has 0 heterocycles. The lowest BCUT2D eigenvalue weighted by atomic mass is 9.80. The summed E-state index contributed by atoms with van der Waals surface area (Å²) in [6.07, 6.45) is -0.376. The molecular formula is C18H31NO3S. The molecule has 0 radical (unpaired) electrons. The van der Waals surface area contributed by atoms with Crippen molar-refractivity contribution in [3.8, 4) is 0 Å². The van der Waals surface area contributed by atoms with Gasteiger partial charge in [0.1, 0.15) is 0 Å². The molecule has 0 aliphatic heterocycles. The van der Waals surface area contributed by atoms with Crippen LogP contribution in [-0.4, -0.2) is 31.9 Å². The molecule has 1 aromatic carbocycles. The third-order valence-electron chi connectivity index (χ3n) is 4.42. The Morgan fingerprint density at radius 2 is 1.65 bits per heavy atom. The Morgan fingerprint density at radius 1 is 1.13 bits per heavy atom. The van der Waals surface area contributed by atoms with Gasteiger partial charge < -0.3 is 10.4 Å². The van der Waals surface area contributed by atoms with Crippen molar-refractivity contribution in [3.05, 3.63) is 29.8 Å². The molecule has 0 saturated carbocycles. The number of nitrogens with one attached hydrogen (secondary N) is 1. The second kappa shape index (κ2) is 7.77. The van der Waals surface area contributed by atoms with E-state index in [2.05, 4.69) is 5.32 Å². The number of rotatable bonds is 8. The Balaban J connectivity index is 2.74. The number of hydrogen-bond donors (Lipinski definition) is 2. The van der Waals surface area contributed by atoms with E-state index >= 15 is 0 Å². The average Bonchev–Trinajstić information content (AvgIpc) is 2.51. The van der Waals surface area contributed by atoms with E-state index in [9.17, 15) is 13.5 Å². The smallest absolute Gasteiger partial charge is 0.178 e. The maximum Gasteiger partial charge on any atom is 0.178 e. The summed E-state index contributed by atoms with van der Waals surface area (Å²) in [7, 11) is -3.15. The van der Waals surface area contributed by atoms with Crippen LogP contribution >= 0.6 is 0 Å². The van der Waals surface area contributed by atoms with Crippen molar-refractivity contribution >= 4 is 9.84 Å². The third kappa shape index (κ3) is 5.30. The molecule has 0 aliphatic carbocycles. The molecular weight excluding hydrogens is 310 g/mol. The highest BCUT2D eigenvalue weighted by Crippen LogP contribution is 2.26. The third-order valence-corrected chi connectivity index (χ3v) is 6.17. The molecule has 0 bridgehead atoms. The van der Waals surface area contributed by atoms with Crippen LogP contribution < -0.4 is 5.32 Å². The summed E-state index contributed by atoms with van der Waals surface area (Å²) in [6.45, 7) is 12.5. The summed E-state index contributed by atoms with van der Waals surface area (Å²) < 4.78 is 23.7. The molecule has 132 valence electrons. The lowest BCUT2D eigenvalue weighted by Crippen LogP contribution is -2.42. The van der Waals surface area contributed by atoms with Gasteiger partial charge in [-0.15, -0.1) is 0 Å². The predicted molar refractivity (Wildman–Crippen MR) is 95.2 cm³/mol. The van der Waals surface area contributed by atoms with Crippen LogP contribution in [0.1, 0.15) is 53.1 Å². The molecule has 2 atom stereocenters. The van der Waals surface area contributed by atoms with Crippen molar-refractivity contribution in [1.82, 2.24) is 5.32 Å². The zero-order valence-electron chi connectivity index (χ0n) is 15.1. The first-order valence-electron chi connectivity index (χ1n) is 8.25. The quantitative estimate of drug-likeness (QED) is 0.762. The zero-order valence-corrected chi connectivity index (χ0v) is 15.9. The maximum absolute atomic E-state index is 11.8. The van der Waals surface area contributed by atoms with E-state index in [4.69, 9.17) is 0 Å². The molecule has 0 aromatic heterocycles. The summed E-state index contributed by atoms with van der Waals surface area (Å²) in [5.74, 6) is 0.321. The summed E-state index contributed by atoms with van der Waals surface area (Å²) in [4.78, 5) is 0.367. The normalized spacial score (nSPS) is 15.7. The molecule has 2 N–H and O–H groups in total. The summed E-state index contributed by atoms with van der Waals surface area (Å²) in [5, 5.41) is 13.7. The van der Waals surface area contributed by atoms with Crippen LogP contribution in [0.15, 0.2) is 29.2 Å². The second-order valence-electron chi connectivity index (χ2n) is 7.25. The Kier molecular flexibility index (Phi) is 6.81. The molecule has 0 fully saturated rings. The minimum Gasteiger partial charge on any atom is -0.392 e. The lowest BCUT2D eigenvalue weighted by Gasteiger charge is -2.34. The van der Waals surface area contributed by atoms with Crippen LogP contribution in [0.3, 0.4) is 0 Å². The summed E-state index contributed by atoms with van der Waals surface area (Å²) in [5.41, 5.74) is 0.809. The minimum atomic E-state index is -3.15. The van der Waals surface area contributed by atoms with Gasteiger partial charge in [0.15, 0.2) is 9.84 Å². The first-order chi connectivity index (χ1) is 10.5. The molecule has 0 saturated heterocycles. The molecule has 4 nitrogen and oxygen atoms in total. The van der Waals surface area contributed by atoms with Crippen LogP contribution in [0.25, 0.3) is 0 Å². The van der Waals surface area contributed by atoms with Gasteiger partial charge in [0.05, 0.1) is 16.8 Å². The highest BCUT2D eigenvalue weighted by atomic mass is 32.2. The molecule has 0 spiro atoms. The van der Waals surface area contributed by atoms with Gasteiger partial charge in [-0.05, 0) is 30.5 Å². The van der Waals surface area contributed by atoms with Crippen molar-refractivity contribution in [3.63, 3.8) is 0 Å². The zero-order chi connectivity index (χ0) is 17.8. The fourth-order valence-corrected chi connectivity index (χ4v) is 3.56. The van der Waals surface area contributed by atoms with Crippen LogP contribution in [0.4, 0.5) is 0 Å². The Morgan fingerprint density at radius 3 is 2.09 bits per heavy atom. The molecule has 0 amide bonds. The monoisotopic (exact) mass is 341 g/mol. The topological polar surface area (TPSA) is 66.4 Å². The van der Waals surface area contributed by atoms with Crippen LogP contribution in [0.5, 0.6) is 0 Å². The van der Waals surface area contributed by atoms with E-state index in [0.717, 1.165) is 5.56 Å². The number of aliphatic hydroxyl groups is 1. The highest BCUT2D eigenvalue weighted by molar-refractivity contribution is 7.91. The molecule has 1 aromatic rings. The van der Waals surface area contributed by atoms with Gasteiger partial charge in [-0.3, -0.25) is 0 Å². The van der Waals surface area contributed by atoms with Crippen molar-refractivity contribution in [2.75, 3.05) is 12.3 Å². The number of benzene rings is 1. The van der Waals surface area contributed by atoms with Crippen molar-refractivity contribution in [2.45, 2.75) is 58.6 Å². The van der Waals surface area contributed by atoms with Crippen molar-refractivity contribution in [2.24, 2.45) is 11.3 Å². The standard InChI is InChI=1S/C18H31NO3S/c1-7-23(21,22)16-10-8-15(9-11-16)14(4)19-12-18(5,6)17(20)13(2)3/h8-11,13-14,17,19-20H,7,12H2,1-6H3. The van der Waals surface area contributed by atoms with Gasteiger partial charge in [0, 0.05) is 18.0 Å². The van der Waals surface area contributed by atoms with Gasteiger partial charge in [0.2, 0.25) is 0 Å². The van der Waals surface area contributed by atoms with Crippen molar-refractivity contribution in [1.29, 1.82) is 0 Å². The maximum atomic E-state index is 11.8. The largest absolute Gasteiger partial charge is 0.392 e. The Bertz CT molecular complexity index is 591. The van der Waals surface area contributed by atoms with Gasteiger partial charge in [-0.1, -0.05) is 46.8 Å². The van der Waals surface area contributed by atoms with Crippen LogP contribution in [0, 0.1) is 11.3 Å².